The van der Waals surface area contributed by atoms with Crippen molar-refractivity contribution in [2.24, 2.45) is 7.05 Å². The molecule has 0 saturated heterocycles. The molecule has 2 heterocycles. The van der Waals surface area contributed by atoms with Crippen molar-refractivity contribution >= 4 is 32.5 Å². The molecule has 0 aliphatic heterocycles. The Morgan fingerprint density at radius 2 is 2.24 bits per heavy atom. The van der Waals surface area contributed by atoms with Gasteiger partial charge in [0.25, 0.3) is 10.0 Å². The minimum absolute atomic E-state index is 0.00655. The zero-order valence-corrected chi connectivity index (χ0v) is 13.3. The van der Waals surface area contributed by atoms with E-state index in [4.69, 9.17) is 0 Å². The molecule has 0 fully saturated rings. The topological polar surface area (TPSA) is 94.4 Å². The lowest BCUT2D eigenvalue weighted by Gasteiger charge is -2.15. The van der Waals surface area contributed by atoms with Crippen LogP contribution in [-0.4, -0.2) is 43.3 Å². The Morgan fingerprint density at radius 3 is 2.81 bits per heavy atom. The molecule has 8 nitrogen and oxygen atoms in total. The van der Waals surface area contributed by atoms with Crippen LogP contribution in [0.1, 0.15) is 5.69 Å². The molecule has 0 bridgehead atoms. The fourth-order valence-electron chi connectivity index (χ4n) is 1.60. The number of nitrogens with zero attached hydrogens (tertiary/aromatic N) is 4. The summed E-state index contributed by atoms with van der Waals surface area (Å²) in [6.45, 7) is 0. The molecule has 0 unspecified atom stereocenters. The highest BCUT2D eigenvalue weighted by Crippen LogP contribution is 2.25. The third kappa shape index (κ3) is 3.05. The summed E-state index contributed by atoms with van der Waals surface area (Å²) in [4.78, 5) is 15.3. The van der Waals surface area contributed by atoms with Crippen molar-refractivity contribution in [3.63, 3.8) is 0 Å². The molecule has 0 aliphatic rings. The van der Waals surface area contributed by atoms with Gasteiger partial charge >= 0.3 is 5.97 Å². The van der Waals surface area contributed by atoms with E-state index in [0.717, 1.165) is 15.6 Å². The van der Waals surface area contributed by atoms with Crippen LogP contribution in [0.2, 0.25) is 0 Å². The molecule has 0 N–H and O–H groups in total. The van der Waals surface area contributed by atoms with Crippen LogP contribution >= 0.6 is 11.3 Å². The molecule has 2 aromatic heterocycles. The highest BCUT2D eigenvalue weighted by molar-refractivity contribution is 7.92. The average molecular weight is 330 g/mol. The number of ether oxygens (including phenoxy) is 1. The van der Waals surface area contributed by atoms with Gasteiger partial charge in [-0.2, -0.15) is 13.5 Å². The number of aromatic nitrogens is 3. The number of rotatable bonds is 5. The van der Waals surface area contributed by atoms with E-state index in [1.54, 1.807) is 12.4 Å². The molecule has 0 spiro atoms. The molecule has 2 rings (SSSR count). The molecule has 114 valence electrons. The smallest absolute Gasteiger partial charge is 0.311 e. The monoisotopic (exact) mass is 330 g/mol. The predicted molar refractivity (Wildman–Crippen MR) is 76.6 cm³/mol. The highest BCUT2D eigenvalue weighted by atomic mass is 32.2. The van der Waals surface area contributed by atoms with Crippen LogP contribution < -0.4 is 4.31 Å². The summed E-state index contributed by atoms with van der Waals surface area (Å²) in [6, 6.07) is 1.41. The molecule has 0 aliphatic carbocycles. The molecule has 0 aromatic carbocycles. The lowest BCUT2D eigenvalue weighted by atomic mass is 10.3. The quantitative estimate of drug-likeness (QED) is 0.737. The summed E-state index contributed by atoms with van der Waals surface area (Å²) < 4.78 is 31.8. The Labute approximate surface area is 126 Å². The van der Waals surface area contributed by atoms with Gasteiger partial charge in [-0.25, -0.2) is 9.29 Å². The van der Waals surface area contributed by atoms with E-state index >= 15 is 0 Å². The van der Waals surface area contributed by atoms with Crippen molar-refractivity contribution < 1.29 is 17.9 Å². The first kappa shape index (κ1) is 15.4. The zero-order valence-electron chi connectivity index (χ0n) is 11.7. The van der Waals surface area contributed by atoms with Crippen molar-refractivity contribution in [2.75, 3.05) is 18.5 Å². The molecule has 10 heteroatoms. The second-order valence-corrected chi connectivity index (χ2v) is 6.89. The van der Waals surface area contributed by atoms with Gasteiger partial charge in [-0.1, -0.05) is 0 Å². The molecule has 0 radical (unpaired) electrons. The summed E-state index contributed by atoms with van der Waals surface area (Å²) in [5, 5.41) is 5.81. The minimum Gasteiger partial charge on any atom is -0.469 e. The van der Waals surface area contributed by atoms with E-state index < -0.39 is 16.0 Å². The van der Waals surface area contributed by atoms with Crippen molar-refractivity contribution in [3.05, 3.63) is 23.3 Å². The Bertz CT molecular complexity index is 750. The fourth-order valence-corrected chi connectivity index (χ4v) is 3.86. The molecular formula is C11H14N4O4S2. The van der Waals surface area contributed by atoms with E-state index in [1.807, 2.05) is 0 Å². The lowest BCUT2D eigenvalue weighted by Crippen LogP contribution is -2.28. The summed E-state index contributed by atoms with van der Waals surface area (Å²) in [5.74, 6) is -0.427. The minimum atomic E-state index is -3.73. The van der Waals surface area contributed by atoms with Gasteiger partial charge in [0.15, 0.2) is 10.2 Å². The van der Waals surface area contributed by atoms with Gasteiger partial charge in [-0.15, -0.1) is 11.3 Å². The van der Waals surface area contributed by atoms with E-state index in [2.05, 4.69) is 14.8 Å². The second-order valence-electron chi connectivity index (χ2n) is 4.14. The zero-order chi connectivity index (χ0) is 15.6. The maximum Gasteiger partial charge on any atom is 0.311 e. The van der Waals surface area contributed by atoms with Gasteiger partial charge in [0.05, 0.1) is 25.4 Å². The maximum atomic E-state index is 12.4. The molecular weight excluding hydrogens is 316 g/mol. The Morgan fingerprint density at radius 1 is 1.52 bits per heavy atom. The van der Waals surface area contributed by atoms with Crippen LogP contribution in [0.5, 0.6) is 0 Å². The number of sulfonamides is 1. The fraction of sp³-hybridized carbons (Fsp3) is 0.364. The molecule has 0 saturated carbocycles. The van der Waals surface area contributed by atoms with E-state index in [9.17, 15) is 13.2 Å². The first-order valence-electron chi connectivity index (χ1n) is 5.84. The summed E-state index contributed by atoms with van der Waals surface area (Å²) >= 11 is 1.14. The van der Waals surface area contributed by atoms with E-state index in [0.29, 0.717) is 5.69 Å². The number of carbonyl (C=O) groups is 1. The number of thiazole rings is 1. The van der Waals surface area contributed by atoms with Crippen molar-refractivity contribution in [3.8, 4) is 0 Å². The first-order chi connectivity index (χ1) is 9.86. The maximum absolute atomic E-state index is 12.4. The average Bonchev–Trinajstić information content (AvgIpc) is 3.06. The summed E-state index contributed by atoms with van der Waals surface area (Å²) in [6.07, 6.45) is 1.41. The van der Waals surface area contributed by atoms with Gasteiger partial charge in [0.2, 0.25) is 0 Å². The van der Waals surface area contributed by atoms with Crippen LogP contribution in [0.3, 0.4) is 0 Å². The van der Waals surface area contributed by atoms with Gasteiger partial charge < -0.3 is 4.74 Å². The Kier molecular flexibility index (Phi) is 4.28. The van der Waals surface area contributed by atoms with Crippen molar-refractivity contribution in [1.82, 2.24) is 14.8 Å². The van der Waals surface area contributed by atoms with Gasteiger partial charge in [-0.05, 0) is 6.07 Å². The highest BCUT2D eigenvalue weighted by Gasteiger charge is 2.26. The molecule has 0 amide bonds. The van der Waals surface area contributed by atoms with Crippen molar-refractivity contribution in [2.45, 2.75) is 11.4 Å². The normalized spacial score (nSPS) is 11.4. The van der Waals surface area contributed by atoms with Gasteiger partial charge in [-0.3, -0.25) is 9.48 Å². The molecule has 0 atom stereocenters. The van der Waals surface area contributed by atoms with Gasteiger partial charge in [0, 0.05) is 19.5 Å². The summed E-state index contributed by atoms with van der Waals surface area (Å²) in [5.41, 5.74) is 0.467. The van der Waals surface area contributed by atoms with Crippen molar-refractivity contribution in [1.29, 1.82) is 0 Å². The van der Waals surface area contributed by atoms with Crippen LogP contribution in [-0.2, 0) is 33.0 Å². The first-order valence-corrected chi connectivity index (χ1v) is 8.16. The van der Waals surface area contributed by atoms with E-state index in [1.165, 1.54) is 31.1 Å². The van der Waals surface area contributed by atoms with Crippen LogP contribution in [0.25, 0.3) is 0 Å². The Hall–Kier alpha value is -1.94. The number of esters is 1. The lowest BCUT2D eigenvalue weighted by molar-refractivity contribution is -0.139. The number of anilines is 1. The standard InChI is InChI=1S/C11H14N4O4S2/c1-14-9(4-5-12-14)21(17,18)15(2)11-13-8(7-20-11)6-10(16)19-3/h4-5,7H,6H2,1-3H3. The number of carbonyl (C=O) groups excluding carboxylic acids is 1. The Balaban J connectivity index is 2.26. The molecule has 2 aromatic rings. The number of aryl methyl sites for hydroxylation is 1. The third-order valence-corrected chi connectivity index (χ3v) is 5.67. The SMILES string of the molecule is COC(=O)Cc1csc(N(C)S(=O)(=O)c2ccnn2C)n1. The van der Waals surface area contributed by atoms with Crippen LogP contribution in [0.15, 0.2) is 22.7 Å². The van der Waals surface area contributed by atoms with Crippen LogP contribution in [0.4, 0.5) is 5.13 Å². The largest absolute Gasteiger partial charge is 0.469 e. The second kappa shape index (κ2) is 5.82. The van der Waals surface area contributed by atoms with Gasteiger partial charge in [0.1, 0.15) is 0 Å². The number of methoxy groups -OCH3 is 1. The molecule has 21 heavy (non-hydrogen) atoms. The number of hydrogen-bond acceptors (Lipinski definition) is 7. The predicted octanol–water partition coefficient (Wildman–Crippen LogP) is 0.417. The van der Waals surface area contributed by atoms with Crippen LogP contribution in [0, 0.1) is 0 Å². The third-order valence-electron chi connectivity index (χ3n) is 2.76. The number of hydrogen-bond donors (Lipinski definition) is 0. The van der Waals surface area contributed by atoms with E-state index in [-0.39, 0.29) is 16.6 Å². The summed E-state index contributed by atoms with van der Waals surface area (Å²) in [7, 11) is 0.504.